The van der Waals surface area contributed by atoms with Gasteiger partial charge in [-0.15, -0.1) is 0 Å². The predicted molar refractivity (Wildman–Crippen MR) is 50.3 cm³/mol. The van der Waals surface area contributed by atoms with Crippen LogP contribution in [0.15, 0.2) is 12.4 Å². The van der Waals surface area contributed by atoms with Gasteiger partial charge in [0.2, 0.25) is 0 Å². The molecular weight excluding hydrogens is 181 g/mol. The summed E-state index contributed by atoms with van der Waals surface area (Å²) in [7, 11) is 0. The molecule has 0 amide bonds. The Hall–Kier alpha value is -1.19. The number of hydrogen-bond donors (Lipinski definition) is 1. The maximum atomic E-state index is 13.2. The van der Waals surface area contributed by atoms with Crippen LogP contribution in [0, 0.1) is 11.9 Å². The molecule has 14 heavy (non-hydrogen) atoms. The lowest BCUT2D eigenvalue weighted by Gasteiger charge is -2.16. The van der Waals surface area contributed by atoms with Gasteiger partial charge >= 0.3 is 0 Å². The first kappa shape index (κ1) is 8.15. The molecule has 0 spiro atoms. The van der Waals surface area contributed by atoms with E-state index in [-0.39, 0.29) is 5.54 Å². The zero-order valence-electron chi connectivity index (χ0n) is 7.83. The van der Waals surface area contributed by atoms with E-state index in [2.05, 4.69) is 15.3 Å². The van der Waals surface area contributed by atoms with Crippen LogP contribution >= 0.6 is 0 Å². The van der Waals surface area contributed by atoms with Crippen molar-refractivity contribution in [3.05, 3.63) is 18.3 Å². The minimum atomic E-state index is -0.487. The molecule has 3 nitrogen and oxygen atoms in total. The van der Waals surface area contributed by atoms with Gasteiger partial charge in [-0.2, -0.15) is 4.39 Å². The number of rotatable bonds is 3. The van der Waals surface area contributed by atoms with Crippen molar-refractivity contribution >= 4 is 5.82 Å². The van der Waals surface area contributed by atoms with Crippen LogP contribution in [0.1, 0.15) is 25.7 Å². The quantitative estimate of drug-likeness (QED) is 0.797. The highest BCUT2D eigenvalue weighted by Crippen LogP contribution is 2.55. The van der Waals surface area contributed by atoms with Crippen molar-refractivity contribution in [3.63, 3.8) is 0 Å². The molecule has 1 N–H and O–H groups in total. The summed E-state index contributed by atoms with van der Waals surface area (Å²) >= 11 is 0. The average Bonchev–Trinajstić information content (AvgIpc) is 3.00. The summed E-state index contributed by atoms with van der Waals surface area (Å²) in [6.07, 6.45) is 7.73. The summed E-state index contributed by atoms with van der Waals surface area (Å²) in [4.78, 5) is 7.54. The molecule has 3 rings (SSSR count). The number of nitrogens with one attached hydrogen (secondary N) is 1. The molecule has 0 aliphatic heterocycles. The summed E-state index contributed by atoms with van der Waals surface area (Å²) in [6.45, 7) is 0. The zero-order valence-corrected chi connectivity index (χ0v) is 7.83. The molecule has 2 fully saturated rings. The molecule has 0 radical (unpaired) electrons. The zero-order chi connectivity index (χ0) is 9.60. The maximum absolute atomic E-state index is 13.2. The molecule has 0 unspecified atom stereocenters. The molecule has 4 heteroatoms. The highest BCUT2D eigenvalue weighted by Gasteiger charge is 2.54. The largest absolute Gasteiger partial charge is 0.361 e. The van der Waals surface area contributed by atoms with Gasteiger partial charge < -0.3 is 5.32 Å². The summed E-state index contributed by atoms with van der Waals surface area (Å²) in [5.74, 6) is 0.570. The van der Waals surface area contributed by atoms with E-state index in [1.807, 2.05) is 0 Å². The topological polar surface area (TPSA) is 37.8 Å². The normalized spacial score (nSPS) is 23.2. The van der Waals surface area contributed by atoms with Crippen molar-refractivity contribution in [1.29, 1.82) is 0 Å². The number of anilines is 1. The van der Waals surface area contributed by atoms with Gasteiger partial charge in [0.05, 0.1) is 0 Å². The fourth-order valence-electron chi connectivity index (χ4n) is 2.05. The van der Waals surface area contributed by atoms with Crippen molar-refractivity contribution in [1.82, 2.24) is 9.97 Å². The standard InChI is InChI=1S/C10H12FN3/c11-8-9(13-6-5-12-8)14-10(3-4-10)7-1-2-7/h5-7H,1-4H2,(H,13,14). The second kappa shape index (κ2) is 2.65. The van der Waals surface area contributed by atoms with Crippen LogP contribution in [0.3, 0.4) is 0 Å². The molecule has 0 bridgehead atoms. The SMILES string of the molecule is Fc1nccnc1NC1(C2CC2)CC1. The maximum Gasteiger partial charge on any atom is 0.255 e. The molecule has 2 saturated carbocycles. The van der Waals surface area contributed by atoms with E-state index >= 15 is 0 Å². The predicted octanol–water partition coefficient (Wildman–Crippen LogP) is 1.97. The molecule has 1 aromatic heterocycles. The van der Waals surface area contributed by atoms with Gasteiger partial charge in [0.1, 0.15) is 0 Å². The summed E-state index contributed by atoms with van der Waals surface area (Å²) in [5.41, 5.74) is 0.164. The van der Waals surface area contributed by atoms with E-state index in [1.54, 1.807) is 0 Å². The molecule has 0 atom stereocenters. The van der Waals surface area contributed by atoms with E-state index in [9.17, 15) is 4.39 Å². The molecule has 74 valence electrons. The van der Waals surface area contributed by atoms with Gasteiger partial charge in [0, 0.05) is 17.9 Å². The molecular formula is C10H12FN3. The van der Waals surface area contributed by atoms with Crippen LogP contribution in [-0.4, -0.2) is 15.5 Å². The van der Waals surface area contributed by atoms with Crippen LogP contribution in [0.25, 0.3) is 0 Å². The Kier molecular flexibility index (Phi) is 1.54. The third-order valence-corrected chi connectivity index (χ3v) is 3.17. The lowest BCUT2D eigenvalue weighted by molar-refractivity contribution is 0.563. The Bertz CT molecular complexity index is 358. The van der Waals surface area contributed by atoms with Crippen LogP contribution < -0.4 is 5.32 Å². The molecule has 0 aromatic carbocycles. The van der Waals surface area contributed by atoms with Crippen LogP contribution in [0.5, 0.6) is 0 Å². The first-order valence-corrected chi connectivity index (χ1v) is 5.05. The van der Waals surface area contributed by atoms with Gasteiger partial charge in [0.25, 0.3) is 5.95 Å². The van der Waals surface area contributed by atoms with Crippen LogP contribution in [-0.2, 0) is 0 Å². The minimum absolute atomic E-state index is 0.164. The van der Waals surface area contributed by atoms with Gasteiger partial charge in [-0.25, -0.2) is 9.97 Å². The fourth-order valence-corrected chi connectivity index (χ4v) is 2.05. The second-order valence-electron chi connectivity index (χ2n) is 4.25. The van der Waals surface area contributed by atoms with Crippen molar-refractivity contribution in [2.24, 2.45) is 5.92 Å². The third-order valence-electron chi connectivity index (χ3n) is 3.17. The number of halogens is 1. The number of nitrogens with zero attached hydrogens (tertiary/aromatic N) is 2. The Morgan fingerprint density at radius 2 is 2.00 bits per heavy atom. The minimum Gasteiger partial charge on any atom is -0.361 e. The lowest BCUT2D eigenvalue weighted by atomic mass is 10.1. The van der Waals surface area contributed by atoms with E-state index < -0.39 is 5.95 Å². The molecule has 0 saturated heterocycles. The summed E-state index contributed by atoms with van der Waals surface area (Å²) in [5, 5.41) is 3.21. The molecule has 2 aliphatic carbocycles. The average molecular weight is 193 g/mol. The third kappa shape index (κ3) is 1.25. The number of hydrogen-bond acceptors (Lipinski definition) is 3. The highest BCUT2D eigenvalue weighted by atomic mass is 19.1. The molecule has 1 heterocycles. The monoisotopic (exact) mass is 193 g/mol. The molecule has 1 aromatic rings. The Morgan fingerprint density at radius 3 is 2.57 bits per heavy atom. The van der Waals surface area contributed by atoms with Crippen molar-refractivity contribution < 1.29 is 4.39 Å². The van der Waals surface area contributed by atoms with E-state index in [0.717, 1.165) is 18.8 Å². The van der Waals surface area contributed by atoms with Crippen molar-refractivity contribution in [2.75, 3.05) is 5.32 Å². The lowest BCUT2D eigenvalue weighted by Crippen LogP contribution is -2.25. The number of aromatic nitrogens is 2. The van der Waals surface area contributed by atoms with E-state index in [0.29, 0.717) is 5.82 Å². The Balaban J connectivity index is 1.81. The first-order chi connectivity index (χ1) is 6.80. The van der Waals surface area contributed by atoms with E-state index in [4.69, 9.17) is 0 Å². The highest BCUT2D eigenvalue weighted by molar-refractivity contribution is 5.40. The smallest absolute Gasteiger partial charge is 0.255 e. The Morgan fingerprint density at radius 1 is 1.29 bits per heavy atom. The summed E-state index contributed by atoms with van der Waals surface area (Å²) in [6, 6.07) is 0. The van der Waals surface area contributed by atoms with Gasteiger partial charge in [-0.1, -0.05) is 0 Å². The summed E-state index contributed by atoms with van der Waals surface area (Å²) < 4.78 is 13.2. The van der Waals surface area contributed by atoms with Crippen molar-refractivity contribution in [3.8, 4) is 0 Å². The first-order valence-electron chi connectivity index (χ1n) is 5.05. The van der Waals surface area contributed by atoms with Gasteiger partial charge in [-0.05, 0) is 31.6 Å². The second-order valence-corrected chi connectivity index (χ2v) is 4.25. The fraction of sp³-hybridized carbons (Fsp3) is 0.600. The van der Waals surface area contributed by atoms with Gasteiger partial charge in [-0.3, -0.25) is 0 Å². The van der Waals surface area contributed by atoms with Crippen LogP contribution in [0.4, 0.5) is 10.2 Å². The van der Waals surface area contributed by atoms with E-state index in [1.165, 1.54) is 25.2 Å². The van der Waals surface area contributed by atoms with Crippen LogP contribution in [0.2, 0.25) is 0 Å². The molecule has 2 aliphatic rings. The Labute approximate surface area is 81.8 Å². The van der Waals surface area contributed by atoms with Gasteiger partial charge in [0.15, 0.2) is 5.82 Å². The van der Waals surface area contributed by atoms with Crippen molar-refractivity contribution in [2.45, 2.75) is 31.2 Å².